The third-order valence-electron chi connectivity index (χ3n) is 3.02. The van der Waals surface area contributed by atoms with Crippen LogP contribution in [-0.2, 0) is 13.0 Å². The fourth-order valence-corrected chi connectivity index (χ4v) is 2.75. The van der Waals surface area contributed by atoms with E-state index in [9.17, 15) is 9.18 Å². The second-order valence-corrected chi connectivity index (χ2v) is 5.34. The van der Waals surface area contributed by atoms with E-state index in [1.807, 2.05) is 0 Å². The van der Waals surface area contributed by atoms with E-state index >= 15 is 0 Å². The number of H-pyrrole nitrogens is 1. The summed E-state index contributed by atoms with van der Waals surface area (Å²) in [5, 5.41) is 5.02. The fourth-order valence-electron chi connectivity index (χ4n) is 2.17. The lowest BCUT2D eigenvalue weighted by atomic mass is 10.1. The summed E-state index contributed by atoms with van der Waals surface area (Å²) in [4.78, 5) is 13.7. The Morgan fingerprint density at radius 1 is 1.53 bits per heavy atom. The number of hydrogen-bond donors (Lipinski definition) is 2. The van der Waals surface area contributed by atoms with Gasteiger partial charge in [0.1, 0.15) is 17.7 Å². The summed E-state index contributed by atoms with van der Waals surface area (Å²) in [6.45, 7) is 1.26. The molecule has 4 nitrogen and oxygen atoms in total. The standard InChI is InChI=1S/C13H13FN2O2S/c14-9-1-2-12-8(3-9)4-11(18-12)6-15-5-10-7-19-13(17)16-10/h1-3,7,11,15H,4-6H2,(H,16,17). The summed E-state index contributed by atoms with van der Waals surface area (Å²) in [6.07, 6.45) is 0.724. The molecule has 0 spiro atoms. The molecule has 1 unspecified atom stereocenters. The van der Waals surface area contributed by atoms with Crippen molar-refractivity contribution >= 4 is 11.3 Å². The summed E-state index contributed by atoms with van der Waals surface area (Å²) >= 11 is 1.15. The molecule has 19 heavy (non-hydrogen) atoms. The van der Waals surface area contributed by atoms with E-state index in [1.54, 1.807) is 11.4 Å². The van der Waals surface area contributed by atoms with Crippen LogP contribution in [0.4, 0.5) is 4.39 Å². The molecule has 0 radical (unpaired) electrons. The molecular weight excluding hydrogens is 267 g/mol. The number of nitrogens with one attached hydrogen (secondary N) is 2. The highest BCUT2D eigenvalue weighted by Crippen LogP contribution is 2.28. The van der Waals surface area contributed by atoms with Crippen molar-refractivity contribution in [1.29, 1.82) is 0 Å². The minimum Gasteiger partial charge on any atom is -0.488 e. The molecule has 1 aliphatic rings. The van der Waals surface area contributed by atoms with Crippen molar-refractivity contribution in [2.45, 2.75) is 19.1 Å². The van der Waals surface area contributed by atoms with Gasteiger partial charge < -0.3 is 15.0 Å². The van der Waals surface area contributed by atoms with Gasteiger partial charge in [-0.1, -0.05) is 11.3 Å². The molecule has 0 bridgehead atoms. The van der Waals surface area contributed by atoms with Crippen molar-refractivity contribution in [1.82, 2.24) is 10.3 Å². The number of aromatic amines is 1. The Labute approximate surface area is 113 Å². The summed E-state index contributed by atoms with van der Waals surface area (Å²) in [7, 11) is 0. The first kappa shape index (κ1) is 12.4. The molecule has 1 atom stereocenters. The Hall–Kier alpha value is -1.66. The molecule has 1 aromatic carbocycles. The van der Waals surface area contributed by atoms with E-state index in [-0.39, 0.29) is 16.8 Å². The monoisotopic (exact) mass is 280 g/mol. The van der Waals surface area contributed by atoms with Crippen LogP contribution in [0, 0.1) is 5.82 Å². The summed E-state index contributed by atoms with van der Waals surface area (Å²) in [5.74, 6) is 0.531. The van der Waals surface area contributed by atoms with Crippen LogP contribution in [0.3, 0.4) is 0 Å². The van der Waals surface area contributed by atoms with E-state index in [0.29, 0.717) is 19.5 Å². The Balaban J connectivity index is 1.52. The lowest BCUT2D eigenvalue weighted by Crippen LogP contribution is -2.29. The molecule has 0 saturated carbocycles. The first-order chi connectivity index (χ1) is 9.20. The van der Waals surface area contributed by atoms with Crippen LogP contribution in [-0.4, -0.2) is 17.6 Å². The average Bonchev–Trinajstić information content (AvgIpc) is 2.95. The molecule has 3 rings (SSSR count). The zero-order chi connectivity index (χ0) is 13.2. The van der Waals surface area contributed by atoms with E-state index in [0.717, 1.165) is 28.3 Å². The predicted molar refractivity (Wildman–Crippen MR) is 71.2 cm³/mol. The van der Waals surface area contributed by atoms with E-state index in [2.05, 4.69) is 10.3 Å². The van der Waals surface area contributed by atoms with Crippen molar-refractivity contribution < 1.29 is 9.13 Å². The van der Waals surface area contributed by atoms with Gasteiger partial charge in [0, 0.05) is 36.1 Å². The van der Waals surface area contributed by atoms with Crippen molar-refractivity contribution in [3.8, 4) is 5.75 Å². The molecule has 6 heteroatoms. The Morgan fingerprint density at radius 3 is 3.21 bits per heavy atom. The van der Waals surface area contributed by atoms with Gasteiger partial charge in [-0.2, -0.15) is 0 Å². The maximum atomic E-state index is 13.1. The van der Waals surface area contributed by atoms with Crippen LogP contribution in [0.25, 0.3) is 0 Å². The number of hydrogen-bond acceptors (Lipinski definition) is 4. The molecule has 1 aromatic heterocycles. The molecule has 0 fully saturated rings. The Kier molecular flexibility index (Phi) is 3.35. The third kappa shape index (κ3) is 2.85. The van der Waals surface area contributed by atoms with Gasteiger partial charge in [-0.15, -0.1) is 0 Å². The SMILES string of the molecule is O=c1[nH]c(CNCC2Cc3cc(F)ccc3O2)cs1. The van der Waals surface area contributed by atoms with E-state index in [1.165, 1.54) is 12.1 Å². The van der Waals surface area contributed by atoms with Gasteiger partial charge >= 0.3 is 4.87 Å². The molecule has 0 saturated heterocycles. The summed E-state index contributed by atoms with van der Waals surface area (Å²) < 4.78 is 18.8. The number of thiazole rings is 1. The van der Waals surface area contributed by atoms with Crippen LogP contribution < -0.4 is 14.9 Å². The molecule has 2 heterocycles. The number of rotatable bonds is 4. The number of halogens is 1. The largest absolute Gasteiger partial charge is 0.488 e. The molecule has 2 aromatic rings. The highest BCUT2D eigenvalue weighted by molar-refractivity contribution is 7.07. The van der Waals surface area contributed by atoms with Crippen molar-refractivity contribution in [3.63, 3.8) is 0 Å². The molecule has 0 aliphatic carbocycles. The zero-order valence-corrected chi connectivity index (χ0v) is 10.9. The fraction of sp³-hybridized carbons (Fsp3) is 0.308. The second kappa shape index (κ2) is 5.14. The quantitative estimate of drug-likeness (QED) is 0.895. The zero-order valence-electron chi connectivity index (χ0n) is 10.1. The molecule has 0 amide bonds. The van der Waals surface area contributed by atoms with Crippen molar-refractivity contribution in [3.05, 3.63) is 50.3 Å². The highest BCUT2D eigenvalue weighted by atomic mass is 32.1. The minimum absolute atomic E-state index is 0.0159. The van der Waals surface area contributed by atoms with Gasteiger partial charge in [0.15, 0.2) is 0 Å². The van der Waals surface area contributed by atoms with Crippen LogP contribution in [0.5, 0.6) is 5.75 Å². The summed E-state index contributed by atoms with van der Waals surface area (Å²) in [6, 6.07) is 4.59. The molecule has 1 aliphatic heterocycles. The van der Waals surface area contributed by atoms with Crippen LogP contribution in [0.1, 0.15) is 11.3 Å². The molecular formula is C13H13FN2O2S. The Bertz CT molecular complexity index is 638. The Morgan fingerprint density at radius 2 is 2.42 bits per heavy atom. The van der Waals surface area contributed by atoms with Crippen LogP contribution in [0.15, 0.2) is 28.4 Å². The third-order valence-corrected chi connectivity index (χ3v) is 3.74. The highest BCUT2D eigenvalue weighted by Gasteiger charge is 2.22. The first-order valence-corrected chi connectivity index (χ1v) is 6.91. The average molecular weight is 280 g/mol. The first-order valence-electron chi connectivity index (χ1n) is 6.03. The normalized spacial score (nSPS) is 17.2. The van der Waals surface area contributed by atoms with Gasteiger partial charge in [-0.05, 0) is 18.2 Å². The maximum absolute atomic E-state index is 13.1. The van der Waals surface area contributed by atoms with E-state index < -0.39 is 0 Å². The van der Waals surface area contributed by atoms with E-state index in [4.69, 9.17) is 4.74 Å². The van der Waals surface area contributed by atoms with Gasteiger partial charge in [0.05, 0.1) is 0 Å². The van der Waals surface area contributed by atoms with Gasteiger partial charge in [0.2, 0.25) is 0 Å². The second-order valence-electron chi connectivity index (χ2n) is 4.50. The molecule has 100 valence electrons. The van der Waals surface area contributed by atoms with Crippen LogP contribution >= 0.6 is 11.3 Å². The van der Waals surface area contributed by atoms with Crippen LogP contribution in [0.2, 0.25) is 0 Å². The van der Waals surface area contributed by atoms with Gasteiger partial charge in [-0.3, -0.25) is 4.79 Å². The topological polar surface area (TPSA) is 54.1 Å². The smallest absolute Gasteiger partial charge is 0.304 e. The van der Waals surface area contributed by atoms with Gasteiger partial charge in [-0.25, -0.2) is 4.39 Å². The minimum atomic E-state index is -0.230. The molecule has 2 N–H and O–H groups in total. The lowest BCUT2D eigenvalue weighted by molar-refractivity contribution is 0.227. The van der Waals surface area contributed by atoms with Crippen molar-refractivity contribution in [2.75, 3.05) is 6.54 Å². The predicted octanol–water partition coefficient (Wildman–Crippen LogP) is 1.67. The number of fused-ring (bicyclic) bond motifs is 1. The lowest BCUT2D eigenvalue weighted by Gasteiger charge is -2.11. The van der Waals surface area contributed by atoms with Crippen molar-refractivity contribution in [2.24, 2.45) is 0 Å². The number of aromatic nitrogens is 1. The number of benzene rings is 1. The van der Waals surface area contributed by atoms with Gasteiger partial charge in [0.25, 0.3) is 0 Å². The maximum Gasteiger partial charge on any atom is 0.304 e. The summed E-state index contributed by atoms with van der Waals surface area (Å²) in [5.41, 5.74) is 1.78. The number of ether oxygens (including phenoxy) is 1.